The van der Waals surface area contributed by atoms with Crippen LogP contribution in [-0.4, -0.2) is 35.9 Å². The summed E-state index contributed by atoms with van der Waals surface area (Å²) in [4.78, 5) is 4.30. The van der Waals surface area contributed by atoms with Crippen LogP contribution in [0.25, 0.3) is 0 Å². The number of ether oxygens (including phenoxy) is 1. The molecule has 0 amide bonds. The molecule has 27 heavy (non-hydrogen) atoms. The molecule has 0 aliphatic rings. The fraction of sp³-hybridized carbons (Fsp3) is 0.500. The second-order valence-electron chi connectivity index (χ2n) is 6.92. The van der Waals surface area contributed by atoms with Gasteiger partial charge in [0, 0.05) is 19.8 Å². The van der Waals surface area contributed by atoms with Crippen molar-refractivity contribution in [3.63, 3.8) is 0 Å². The Bertz CT molecular complexity index is 697. The molecular formula is C20H32IN5O. The highest BCUT2D eigenvalue weighted by Gasteiger charge is 2.08. The van der Waals surface area contributed by atoms with Crippen LogP contribution in [0.4, 0.5) is 0 Å². The molecule has 1 unspecified atom stereocenters. The van der Waals surface area contributed by atoms with E-state index >= 15 is 0 Å². The number of aliphatic imine (C=N–C) groups is 1. The highest BCUT2D eigenvalue weighted by Crippen LogP contribution is 2.18. The number of aromatic nitrogens is 2. The van der Waals surface area contributed by atoms with E-state index in [9.17, 15) is 0 Å². The molecule has 0 aliphatic heterocycles. The van der Waals surface area contributed by atoms with Gasteiger partial charge < -0.3 is 15.4 Å². The van der Waals surface area contributed by atoms with Crippen molar-refractivity contribution in [1.29, 1.82) is 0 Å². The van der Waals surface area contributed by atoms with Crippen molar-refractivity contribution >= 4 is 29.9 Å². The zero-order chi connectivity index (χ0) is 18.9. The lowest BCUT2D eigenvalue weighted by Gasteiger charge is -2.19. The van der Waals surface area contributed by atoms with E-state index in [4.69, 9.17) is 4.74 Å². The van der Waals surface area contributed by atoms with Crippen molar-refractivity contribution in [2.24, 2.45) is 10.9 Å². The van der Waals surface area contributed by atoms with Gasteiger partial charge in [-0.1, -0.05) is 26.0 Å². The molecule has 1 aromatic carbocycles. The van der Waals surface area contributed by atoms with Crippen LogP contribution in [0.15, 0.2) is 41.7 Å². The van der Waals surface area contributed by atoms with Crippen molar-refractivity contribution in [2.75, 3.05) is 20.2 Å². The van der Waals surface area contributed by atoms with Gasteiger partial charge in [0.25, 0.3) is 0 Å². The van der Waals surface area contributed by atoms with Crippen molar-refractivity contribution in [3.05, 3.63) is 47.8 Å². The third-order valence-electron chi connectivity index (χ3n) is 3.94. The number of hydrogen-bond donors (Lipinski definition) is 2. The molecule has 6 nitrogen and oxygen atoms in total. The van der Waals surface area contributed by atoms with Crippen LogP contribution in [0.1, 0.15) is 37.9 Å². The smallest absolute Gasteiger partial charge is 0.191 e. The second kappa shape index (κ2) is 11.8. The predicted molar refractivity (Wildman–Crippen MR) is 122 cm³/mol. The Hall–Kier alpha value is -1.77. The zero-order valence-electron chi connectivity index (χ0n) is 16.9. The van der Waals surface area contributed by atoms with Gasteiger partial charge >= 0.3 is 0 Å². The molecule has 1 atom stereocenters. The van der Waals surface area contributed by atoms with E-state index in [1.165, 1.54) is 11.1 Å². The van der Waals surface area contributed by atoms with Crippen molar-refractivity contribution in [2.45, 2.75) is 40.3 Å². The number of benzene rings is 1. The lowest BCUT2D eigenvalue weighted by molar-refractivity contribution is 0.271. The van der Waals surface area contributed by atoms with Gasteiger partial charge in [0.05, 0.1) is 25.4 Å². The first kappa shape index (κ1) is 23.3. The van der Waals surface area contributed by atoms with E-state index in [1.54, 1.807) is 7.05 Å². The fourth-order valence-electron chi connectivity index (χ4n) is 2.48. The number of guanidine groups is 1. The standard InChI is InChI=1S/C20H31N5O.HI/c1-15(2)14-26-19-8-6-18(7-9-19)17(4)24-20(21-5)22-10-11-25-13-16(3)12-23-25;/h6-9,12-13,15,17H,10-11,14H2,1-5H3,(H2,21,22,24);1H. The van der Waals surface area contributed by atoms with Crippen LogP contribution in [0, 0.1) is 12.8 Å². The molecule has 2 N–H and O–H groups in total. The molecular weight excluding hydrogens is 453 g/mol. The summed E-state index contributed by atoms with van der Waals surface area (Å²) in [6.45, 7) is 10.7. The summed E-state index contributed by atoms with van der Waals surface area (Å²) in [5.74, 6) is 2.21. The summed E-state index contributed by atoms with van der Waals surface area (Å²) >= 11 is 0. The molecule has 2 rings (SSSR count). The first-order valence-corrected chi connectivity index (χ1v) is 9.17. The number of rotatable bonds is 8. The normalized spacial score (nSPS) is 12.4. The third kappa shape index (κ3) is 8.19. The Balaban J connectivity index is 0.00000364. The monoisotopic (exact) mass is 485 g/mol. The van der Waals surface area contributed by atoms with Gasteiger partial charge in [-0.05, 0) is 43.0 Å². The molecule has 0 radical (unpaired) electrons. The van der Waals surface area contributed by atoms with Crippen molar-refractivity contribution < 1.29 is 4.74 Å². The van der Waals surface area contributed by atoms with Gasteiger partial charge in [-0.15, -0.1) is 24.0 Å². The summed E-state index contributed by atoms with van der Waals surface area (Å²) < 4.78 is 7.66. The molecule has 150 valence electrons. The second-order valence-corrected chi connectivity index (χ2v) is 6.92. The predicted octanol–water partition coefficient (Wildman–Crippen LogP) is 3.77. The van der Waals surface area contributed by atoms with Crippen LogP contribution in [0.5, 0.6) is 5.75 Å². The highest BCUT2D eigenvalue weighted by molar-refractivity contribution is 14.0. The van der Waals surface area contributed by atoms with Crippen LogP contribution in [0.2, 0.25) is 0 Å². The molecule has 0 spiro atoms. The summed E-state index contributed by atoms with van der Waals surface area (Å²) in [6.07, 6.45) is 3.90. The topological polar surface area (TPSA) is 63.5 Å². The number of nitrogens with zero attached hydrogens (tertiary/aromatic N) is 3. The minimum absolute atomic E-state index is 0. The number of nitrogens with one attached hydrogen (secondary N) is 2. The first-order valence-electron chi connectivity index (χ1n) is 9.17. The molecule has 0 fully saturated rings. The van der Waals surface area contributed by atoms with Crippen LogP contribution in [-0.2, 0) is 6.54 Å². The van der Waals surface area contributed by atoms with E-state index < -0.39 is 0 Å². The molecule has 2 aromatic rings. The van der Waals surface area contributed by atoms with E-state index in [0.29, 0.717) is 5.92 Å². The van der Waals surface area contributed by atoms with Gasteiger partial charge in [-0.25, -0.2) is 0 Å². The maximum Gasteiger partial charge on any atom is 0.191 e. The van der Waals surface area contributed by atoms with Crippen LogP contribution in [0.3, 0.4) is 0 Å². The van der Waals surface area contributed by atoms with Gasteiger partial charge in [0.15, 0.2) is 5.96 Å². The Kier molecular flexibility index (Phi) is 10.2. The zero-order valence-corrected chi connectivity index (χ0v) is 19.2. The average molecular weight is 485 g/mol. The molecule has 0 bridgehead atoms. The Morgan fingerprint density at radius 2 is 1.93 bits per heavy atom. The van der Waals surface area contributed by atoms with Crippen molar-refractivity contribution in [1.82, 2.24) is 20.4 Å². The number of halogens is 1. The Morgan fingerprint density at radius 1 is 1.22 bits per heavy atom. The lowest BCUT2D eigenvalue weighted by Crippen LogP contribution is -2.40. The summed E-state index contributed by atoms with van der Waals surface area (Å²) in [5, 5.41) is 11.0. The quantitative estimate of drug-likeness (QED) is 0.340. The first-order chi connectivity index (χ1) is 12.5. The minimum Gasteiger partial charge on any atom is -0.493 e. The molecule has 7 heteroatoms. The molecule has 1 aromatic heterocycles. The van der Waals surface area contributed by atoms with E-state index in [2.05, 4.69) is 53.6 Å². The number of aryl methyl sites for hydroxylation is 1. The SMILES string of the molecule is CN=C(NCCn1cc(C)cn1)NC(C)c1ccc(OCC(C)C)cc1.I. The molecule has 0 saturated carbocycles. The maximum atomic E-state index is 5.74. The van der Waals surface area contributed by atoms with E-state index in [0.717, 1.165) is 31.4 Å². The lowest BCUT2D eigenvalue weighted by atomic mass is 10.1. The van der Waals surface area contributed by atoms with Gasteiger partial charge in [0.2, 0.25) is 0 Å². The summed E-state index contributed by atoms with van der Waals surface area (Å²) in [6, 6.07) is 8.37. The van der Waals surface area contributed by atoms with Crippen LogP contribution < -0.4 is 15.4 Å². The van der Waals surface area contributed by atoms with Gasteiger partial charge in [-0.2, -0.15) is 5.10 Å². The average Bonchev–Trinajstić information content (AvgIpc) is 3.04. The highest BCUT2D eigenvalue weighted by atomic mass is 127. The summed E-state index contributed by atoms with van der Waals surface area (Å²) in [7, 11) is 1.78. The largest absolute Gasteiger partial charge is 0.493 e. The van der Waals surface area contributed by atoms with Gasteiger partial charge in [0.1, 0.15) is 5.75 Å². The third-order valence-corrected chi connectivity index (χ3v) is 3.94. The molecule has 1 heterocycles. The van der Waals surface area contributed by atoms with Gasteiger partial charge in [-0.3, -0.25) is 9.67 Å². The van der Waals surface area contributed by atoms with Crippen molar-refractivity contribution in [3.8, 4) is 5.75 Å². The Labute approximate surface area is 179 Å². The number of hydrogen-bond acceptors (Lipinski definition) is 3. The van der Waals surface area contributed by atoms with E-state index in [-0.39, 0.29) is 30.0 Å². The Morgan fingerprint density at radius 3 is 2.48 bits per heavy atom. The molecule has 0 aliphatic carbocycles. The maximum absolute atomic E-state index is 5.74. The summed E-state index contributed by atoms with van der Waals surface area (Å²) in [5.41, 5.74) is 2.36. The minimum atomic E-state index is 0. The fourth-order valence-corrected chi connectivity index (χ4v) is 2.48. The van der Waals surface area contributed by atoms with E-state index in [1.807, 2.05) is 36.1 Å². The molecule has 0 saturated heterocycles. The van der Waals surface area contributed by atoms with Crippen LogP contribution >= 0.6 is 24.0 Å².